The molecule has 0 aromatic carbocycles. The van der Waals surface area contributed by atoms with E-state index in [0.717, 1.165) is 6.42 Å². The molecule has 19 heavy (non-hydrogen) atoms. The van der Waals surface area contributed by atoms with E-state index in [4.69, 9.17) is 0 Å². The molecule has 0 radical (unpaired) electrons. The Labute approximate surface area is 119 Å². The summed E-state index contributed by atoms with van der Waals surface area (Å²) in [6.07, 6.45) is 3.65. The Balaban J connectivity index is 1.94. The van der Waals surface area contributed by atoms with Gasteiger partial charge in [0.15, 0.2) is 0 Å². The molecule has 2 heterocycles. The van der Waals surface area contributed by atoms with Crippen LogP contribution >= 0.6 is 11.3 Å². The van der Waals surface area contributed by atoms with Crippen molar-refractivity contribution >= 4 is 17.2 Å². The highest BCUT2D eigenvalue weighted by molar-refractivity contribution is 7.10. The molecule has 2 fully saturated rings. The van der Waals surface area contributed by atoms with Gasteiger partial charge in [0, 0.05) is 10.9 Å². The van der Waals surface area contributed by atoms with Crippen molar-refractivity contribution in [2.45, 2.75) is 58.3 Å². The standard InChI is InChI=1S/C15H22N2OS/c1-10-14(18)17(12-7-4-8-15(12,2)3)13(16-10)11-6-5-9-19-11/h5-6,9-10,12-13,16H,4,7-8H2,1-3H3. The van der Waals surface area contributed by atoms with Gasteiger partial charge >= 0.3 is 0 Å². The summed E-state index contributed by atoms with van der Waals surface area (Å²) >= 11 is 1.73. The molecular weight excluding hydrogens is 256 g/mol. The summed E-state index contributed by atoms with van der Waals surface area (Å²) in [5.41, 5.74) is 0.233. The molecule has 1 amide bonds. The third-order valence-corrected chi connectivity index (χ3v) is 5.58. The fourth-order valence-corrected chi connectivity index (χ4v) is 4.34. The largest absolute Gasteiger partial charge is 0.317 e. The third-order valence-electron chi connectivity index (χ3n) is 4.66. The number of carbonyl (C=O) groups is 1. The van der Waals surface area contributed by atoms with Crippen LogP contribution in [0.1, 0.15) is 51.1 Å². The zero-order chi connectivity index (χ0) is 13.6. The Bertz CT molecular complexity index is 468. The second-order valence-electron chi connectivity index (χ2n) is 6.45. The van der Waals surface area contributed by atoms with Gasteiger partial charge in [0.2, 0.25) is 5.91 Å². The van der Waals surface area contributed by atoms with Crippen LogP contribution in [0.25, 0.3) is 0 Å². The zero-order valence-corrected chi connectivity index (χ0v) is 12.7. The van der Waals surface area contributed by atoms with Gasteiger partial charge < -0.3 is 4.90 Å². The lowest BCUT2D eigenvalue weighted by molar-refractivity contribution is -0.134. The predicted octanol–water partition coefficient (Wildman–Crippen LogP) is 3.15. The summed E-state index contributed by atoms with van der Waals surface area (Å²) in [6.45, 7) is 6.57. The number of hydrogen-bond donors (Lipinski definition) is 1. The molecule has 1 N–H and O–H groups in total. The molecule has 104 valence electrons. The van der Waals surface area contributed by atoms with E-state index in [2.05, 4.69) is 41.6 Å². The van der Waals surface area contributed by atoms with Crippen molar-refractivity contribution in [3.05, 3.63) is 22.4 Å². The second-order valence-corrected chi connectivity index (χ2v) is 7.43. The van der Waals surface area contributed by atoms with Crippen molar-refractivity contribution in [3.8, 4) is 0 Å². The van der Waals surface area contributed by atoms with Gasteiger partial charge in [0.1, 0.15) is 6.17 Å². The first kappa shape index (κ1) is 13.1. The summed E-state index contributed by atoms with van der Waals surface area (Å²) in [5.74, 6) is 0.262. The molecule has 0 bridgehead atoms. The Hall–Kier alpha value is -0.870. The first-order valence-corrected chi connectivity index (χ1v) is 8.00. The van der Waals surface area contributed by atoms with Crippen LogP contribution in [0.5, 0.6) is 0 Å². The monoisotopic (exact) mass is 278 g/mol. The molecule has 3 unspecified atom stereocenters. The van der Waals surface area contributed by atoms with Crippen molar-refractivity contribution in [1.29, 1.82) is 0 Å². The smallest absolute Gasteiger partial charge is 0.241 e. The van der Waals surface area contributed by atoms with Crippen LogP contribution in [0, 0.1) is 5.41 Å². The number of amides is 1. The van der Waals surface area contributed by atoms with E-state index in [1.165, 1.54) is 17.7 Å². The molecule has 1 saturated carbocycles. The van der Waals surface area contributed by atoms with Crippen LogP contribution < -0.4 is 5.32 Å². The Morgan fingerprint density at radius 2 is 2.26 bits per heavy atom. The van der Waals surface area contributed by atoms with Gasteiger partial charge in [-0.2, -0.15) is 0 Å². The van der Waals surface area contributed by atoms with Gasteiger partial charge in [0.05, 0.1) is 6.04 Å². The quantitative estimate of drug-likeness (QED) is 0.901. The van der Waals surface area contributed by atoms with Crippen LogP contribution in [-0.4, -0.2) is 22.9 Å². The second kappa shape index (κ2) is 4.60. The summed E-state index contributed by atoms with van der Waals surface area (Å²) in [4.78, 5) is 15.9. The molecule has 0 spiro atoms. The fraction of sp³-hybridized carbons (Fsp3) is 0.667. The minimum atomic E-state index is -0.0662. The summed E-state index contributed by atoms with van der Waals surface area (Å²) in [7, 11) is 0. The first-order chi connectivity index (χ1) is 9.00. The van der Waals surface area contributed by atoms with Crippen LogP contribution in [0.15, 0.2) is 17.5 Å². The Morgan fingerprint density at radius 1 is 1.47 bits per heavy atom. The van der Waals surface area contributed by atoms with Crippen molar-refractivity contribution in [1.82, 2.24) is 10.2 Å². The highest BCUT2D eigenvalue weighted by Gasteiger charge is 2.48. The lowest BCUT2D eigenvalue weighted by atomic mass is 9.86. The average molecular weight is 278 g/mol. The van der Waals surface area contributed by atoms with Gasteiger partial charge in [-0.3, -0.25) is 10.1 Å². The third kappa shape index (κ3) is 2.11. The average Bonchev–Trinajstić information content (AvgIpc) is 3.02. The maximum absolute atomic E-state index is 12.6. The normalized spacial score (nSPS) is 34.2. The van der Waals surface area contributed by atoms with E-state index < -0.39 is 0 Å². The fourth-order valence-electron chi connectivity index (χ4n) is 3.56. The molecular formula is C15H22N2OS. The molecule has 3 rings (SSSR count). The highest BCUT2D eigenvalue weighted by atomic mass is 32.1. The predicted molar refractivity (Wildman–Crippen MR) is 77.9 cm³/mol. The molecule has 1 saturated heterocycles. The van der Waals surface area contributed by atoms with Crippen LogP contribution in [-0.2, 0) is 4.79 Å². The molecule has 1 aromatic heterocycles. The van der Waals surface area contributed by atoms with Crippen molar-refractivity contribution < 1.29 is 4.79 Å². The number of nitrogens with one attached hydrogen (secondary N) is 1. The number of carbonyl (C=O) groups excluding carboxylic acids is 1. The molecule has 2 aliphatic rings. The Morgan fingerprint density at radius 3 is 2.84 bits per heavy atom. The number of rotatable bonds is 2. The maximum atomic E-state index is 12.6. The van der Waals surface area contributed by atoms with Crippen LogP contribution in [0.2, 0.25) is 0 Å². The zero-order valence-electron chi connectivity index (χ0n) is 11.8. The molecule has 1 aliphatic heterocycles. The molecule has 1 aromatic rings. The topological polar surface area (TPSA) is 32.3 Å². The minimum absolute atomic E-state index is 0.0662. The number of thiophene rings is 1. The van der Waals surface area contributed by atoms with E-state index in [1.807, 2.05) is 6.92 Å². The SMILES string of the molecule is CC1NC(c2cccs2)N(C2CCCC2(C)C)C1=O. The lowest BCUT2D eigenvalue weighted by Crippen LogP contribution is -2.45. The number of nitrogens with zero attached hydrogens (tertiary/aromatic N) is 1. The van der Waals surface area contributed by atoms with Gasteiger partial charge in [-0.25, -0.2) is 0 Å². The summed E-state index contributed by atoms with van der Waals surface area (Å²) in [6, 6.07) is 4.49. The van der Waals surface area contributed by atoms with Crippen molar-refractivity contribution in [2.24, 2.45) is 5.41 Å². The van der Waals surface area contributed by atoms with Gasteiger partial charge in [-0.15, -0.1) is 11.3 Å². The summed E-state index contributed by atoms with van der Waals surface area (Å²) in [5, 5.41) is 5.54. The van der Waals surface area contributed by atoms with Crippen molar-refractivity contribution in [2.75, 3.05) is 0 Å². The van der Waals surface area contributed by atoms with E-state index in [1.54, 1.807) is 11.3 Å². The highest BCUT2D eigenvalue weighted by Crippen LogP contribution is 2.45. The Kier molecular flexibility index (Phi) is 3.18. The van der Waals surface area contributed by atoms with Crippen LogP contribution in [0.4, 0.5) is 0 Å². The number of hydrogen-bond acceptors (Lipinski definition) is 3. The molecule has 4 heteroatoms. The van der Waals surface area contributed by atoms with E-state index in [-0.39, 0.29) is 23.5 Å². The van der Waals surface area contributed by atoms with Crippen LogP contribution in [0.3, 0.4) is 0 Å². The molecule has 1 aliphatic carbocycles. The molecule has 3 atom stereocenters. The minimum Gasteiger partial charge on any atom is -0.317 e. The molecule has 3 nitrogen and oxygen atoms in total. The lowest BCUT2D eigenvalue weighted by Gasteiger charge is -2.38. The van der Waals surface area contributed by atoms with Gasteiger partial charge in [-0.05, 0) is 36.6 Å². The van der Waals surface area contributed by atoms with E-state index in [9.17, 15) is 4.79 Å². The van der Waals surface area contributed by atoms with E-state index >= 15 is 0 Å². The summed E-state index contributed by atoms with van der Waals surface area (Å²) < 4.78 is 0. The maximum Gasteiger partial charge on any atom is 0.241 e. The van der Waals surface area contributed by atoms with Gasteiger partial charge in [0.25, 0.3) is 0 Å². The van der Waals surface area contributed by atoms with Gasteiger partial charge in [-0.1, -0.05) is 26.3 Å². The van der Waals surface area contributed by atoms with Crippen molar-refractivity contribution in [3.63, 3.8) is 0 Å². The first-order valence-electron chi connectivity index (χ1n) is 7.12. The van der Waals surface area contributed by atoms with E-state index in [0.29, 0.717) is 6.04 Å².